The summed E-state index contributed by atoms with van der Waals surface area (Å²) in [4.78, 5) is 33.0. The zero-order chi connectivity index (χ0) is 20.3. The first kappa shape index (κ1) is 19.0. The molecule has 1 atom stereocenters. The van der Waals surface area contributed by atoms with Crippen molar-refractivity contribution in [3.8, 4) is 6.07 Å². The average molecular weight is 378 g/mol. The number of amides is 1. The number of ether oxygens (including phenoxy) is 1. The fraction of sp³-hybridized carbons (Fsp3) is 0.263. The summed E-state index contributed by atoms with van der Waals surface area (Å²) in [5.41, 5.74) is 2.95. The largest absolute Gasteiger partial charge is 0.452 e. The number of carbonyl (C=O) groups is 2. The molecule has 9 heteroatoms. The molecule has 0 saturated carbocycles. The molecule has 1 amide bonds. The topological polar surface area (TPSA) is 122 Å². The van der Waals surface area contributed by atoms with Crippen LogP contribution in [0.2, 0.25) is 0 Å². The van der Waals surface area contributed by atoms with Crippen LogP contribution in [0.25, 0.3) is 5.78 Å². The average Bonchev–Trinajstić information content (AvgIpc) is 3.13. The molecular weight excluding hydrogens is 360 g/mol. The number of nitrogens with zero attached hydrogens (tertiary/aromatic N) is 5. The van der Waals surface area contributed by atoms with Gasteiger partial charge in [-0.2, -0.15) is 15.3 Å². The van der Waals surface area contributed by atoms with Crippen molar-refractivity contribution in [2.45, 2.75) is 33.3 Å². The van der Waals surface area contributed by atoms with Gasteiger partial charge in [0.25, 0.3) is 11.7 Å². The summed E-state index contributed by atoms with van der Waals surface area (Å²) >= 11 is 0. The number of aryl methyl sites for hydroxylation is 2. The fourth-order valence-corrected chi connectivity index (χ4v) is 2.76. The molecule has 0 fully saturated rings. The third-order valence-electron chi connectivity index (χ3n) is 4.25. The second-order valence-corrected chi connectivity index (χ2v) is 6.22. The third-order valence-corrected chi connectivity index (χ3v) is 4.25. The lowest BCUT2D eigenvalue weighted by molar-refractivity contribution is -0.152. The van der Waals surface area contributed by atoms with E-state index in [9.17, 15) is 9.59 Å². The molecule has 28 heavy (non-hydrogen) atoms. The minimum Gasteiger partial charge on any atom is -0.452 e. The smallest absolute Gasteiger partial charge is 0.311 e. The Kier molecular flexibility index (Phi) is 5.31. The highest BCUT2D eigenvalue weighted by atomic mass is 16.5. The predicted octanol–water partition coefficient (Wildman–Crippen LogP) is 1.73. The van der Waals surface area contributed by atoms with E-state index in [1.807, 2.05) is 13.0 Å². The zero-order valence-electron chi connectivity index (χ0n) is 15.6. The normalized spacial score (nSPS) is 11.6. The Morgan fingerprint density at radius 1 is 1.36 bits per heavy atom. The second-order valence-electron chi connectivity index (χ2n) is 6.22. The number of hydrogen-bond acceptors (Lipinski definition) is 7. The minimum absolute atomic E-state index is 0.0397. The Hall–Kier alpha value is -3.80. The maximum Gasteiger partial charge on any atom is 0.311 e. The third kappa shape index (κ3) is 3.96. The number of esters is 1. The fourth-order valence-electron chi connectivity index (χ4n) is 2.76. The van der Waals surface area contributed by atoms with E-state index in [4.69, 9.17) is 10.00 Å². The molecule has 0 bridgehead atoms. The molecule has 0 radical (unpaired) electrons. The van der Waals surface area contributed by atoms with E-state index in [1.165, 1.54) is 19.3 Å². The van der Waals surface area contributed by atoms with Gasteiger partial charge in [-0.15, -0.1) is 0 Å². The molecule has 2 aromatic heterocycles. The Morgan fingerprint density at radius 3 is 2.89 bits per heavy atom. The van der Waals surface area contributed by atoms with Gasteiger partial charge in [-0.1, -0.05) is 6.07 Å². The van der Waals surface area contributed by atoms with Gasteiger partial charge in [-0.25, -0.2) is 9.50 Å². The summed E-state index contributed by atoms with van der Waals surface area (Å²) in [7, 11) is 0. The lowest BCUT2D eigenvalue weighted by Gasteiger charge is -2.15. The SMILES string of the molecule is Cc1nc2ncnn2c(C)c1CC(=O)O[C@H](C)C(=O)Nc1cccc(C#N)c1. The molecule has 0 aliphatic carbocycles. The highest BCUT2D eigenvalue weighted by Gasteiger charge is 2.21. The molecule has 0 saturated heterocycles. The molecule has 0 unspecified atom stereocenters. The number of hydrogen-bond donors (Lipinski definition) is 1. The summed E-state index contributed by atoms with van der Waals surface area (Å²) in [6.45, 7) is 5.08. The lowest BCUT2D eigenvalue weighted by atomic mass is 10.1. The van der Waals surface area contributed by atoms with Crippen molar-refractivity contribution in [2.24, 2.45) is 0 Å². The maximum absolute atomic E-state index is 12.3. The summed E-state index contributed by atoms with van der Waals surface area (Å²) < 4.78 is 6.81. The lowest BCUT2D eigenvalue weighted by Crippen LogP contribution is -2.30. The van der Waals surface area contributed by atoms with Crippen LogP contribution in [-0.4, -0.2) is 37.6 Å². The number of nitriles is 1. The van der Waals surface area contributed by atoms with Gasteiger partial charge in [-0.3, -0.25) is 9.59 Å². The van der Waals surface area contributed by atoms with Crippen molar-refractivity contribution >= 4 is 23.3 Å². The maximum atomic E-state index is 12.3. The van der Waals surface area contributed by atoms with E-state index in [-0.39, 0.29) is 6.42 Å². The van der Waals surface area contributed by atoms with Gasteiger partial charge < -0.3 is 10.1 Å². The molecule has 0 aliphatic heterocycles. The van der Waals surface area contributed by atoms with Crippen LogP contribution in [0.15, 0.2) is 30.6 Å². The first-order valence-corrected chi connectivity index (χ1v) is 8.55. The highest BCUT2D eigenvalue weighted by Crippen LogP contribution is 2.15. The van der Waals surface area contributed by atoms with E-state index in [0.717, 1.165) is 5.69 Å². The van der Waals surface area contributed by atoms with Gasteiger partial charge in [0, 0.05) is 22.6 Å². The standard InChI is InChI=1S/C19H18N6O3/c1-11-16(12(2)25-19(23-11)21-10-22-25)8-17(26)28-13(3)18(27)24-15-6-4-5-14(7-15)9-20/h4-7,10,13H,8H2,1-3H3,(H,24,27)/t13-/m1/s1. The van der Waals surface area contributed by atoms with Crippen LogP contribution in [0, 0.1) is 25.2 Å². The Labute approximate surface area is 161 Å². The number of nitrogens with one attached hydrogen (secondary N) is 1. The molecule has 0 spiro atoms. The van der Waals surface area contributed by atoms with Crippen LogP contribution in [0.4, 0.5) is 5.69 Å². The van der Waals surface area contributed by atoms with E-state index in [2.05, 4.69) is 20.4 Å². The van der Waals surface area contributed by atoms with Gasteiger partial charge in [-0.05, 0) is 39.0 Å². The summed E-state index contributed by atoms with van der Waals surface area (Å²) in [6, 6.07) is 8.47. The van der Waals surface area contributed by atoms with E-state index in [1.54, 1.807) is 29.6 Å². The number of anilines is 1. The van der Waals surface area contributed by atoms with Crippen molar-refractivity contribution < 1.29 is 14.3 Å². The van der Waals surface area contributed by atoms with Gasteiger partial charge in [0.2, 0.25) is 0 Å². The molecule has 1 aromatic carbocycles. The zero-order valence-corrected chi connectivity index (χ0v) is 15.6. The molecule has 0 aliphatic rings. The number of aromatic nitrogens is 4. The number of fused-ring (bicyclic) bond motifs is 1. The van der Waals surface area contributed by atoms with E-state index in [0.29, 0.717) is 28.3 Å². The van der Waals surface area contributed by atoms with Crippen molar-refractivity contribution in [3.63, 3.8) is 0 Å². The number of rotatable bonds is 5. The quantitative estimate of drug-likeness (QED) is 0.671. The Balaban J connectivity index is 1.66. The number of carbonyl (C=O) groups excluding carboxylic acids is 2. The molecular formula is C19H18N6O3. The van der Waals surface area contributed by atoms with Crippen LogP contribution < -0.4 is 5.32 Å². The van der Waals surface area contributed by atoms with Crippen LogP contribution in [0.5, 0.6) is 0 Å². The van der Waals surface area contributed by atoms with Gasteiger partial charge in [0.15, 0.2) is 6.10 Å². The summed E-state index contributed by atoms with van der Waals surface area (Å²) in [5.74, 6) is -0.581. The van der Waals surface area contributed by atoms with Crippen molar-refractivity contribution in [1.82, 2.24) is 19.6 Å². The van der Waals surface area contributed by atoms with Gasteiger partial charge in [0.05, 0.1) is 18.1 Å². The van der Waals surface area contributed by atoms with Gasteiger partial charge in [0.1, 0.15) is 6.33 Å². The Bertz CT molecular complexity index is 1100. The van der Waals surface area contributed by atoms with Crippen molar-refractivity contribution in [3.05, 3.63) is 53.1 Å². The minimum atomic E-state index is -0.998. The molecule has 1 N–H and O–H groups in total. The van der Waals surface area contributed by atoms with E-state index >= 15 is 0 Å². The first-order chi connectivity index (χ1) is 13.4. The molecule has 2 heterocycles. The molecule has 3 aromatic rings. The summed E-state index contributed by atoms with van der Waals surface area (Å²) in [5, 5.41) is 15.6. The van der Waals surface area contributed by atoms with Crippen LogP contribution in [0.3, 0.4) is 0 Å². The Morgan fingerprint density at radius 2 is 2.14 bits per heavy atom. The monoisotopic (exact) mass is 378 g/mol. The summed E-state index contributed by atoms with van der Waals surface area (Å²) in [6.07, 6.45) is 0.356. The molecule has 142 valence electrons. The molecule has 3 rings (SSSR count). The first-order valence-electron chi connectivity index (χ1n) is 8.55. The number of benzene rings is 1. The predicted molar refractivity (Wildman–Crippen MR) is 99.3 cm³/mol. The van der Waals surface area contributed by atoms with Crippen LogP contribution in [-0.2, 0) is 20.7 Å². The second kappa shape index (κ2) is 7.84. The van der Waals surface area contributed by atoms with E-state index < -0.39 is 18.0 Å². The van der Waals surface area contributed by atoms with Crippen molar-refractivity contribution in [2.75, 3.05) is 5.32 Å². The molecule has 9 nitrogen and oxygen atoms in total. The highest BCUT2D eigenvalue weighted by molar-refractivity contribution is 5.95. The van der Waals surface area contributed by atoms with Gasteiger partial charge >= 0.3 is 5.97 Å². The van der Waals surface area contributed by atoms with Crippen LogP contribution >= 0.6 is 0 Å². The van der Waals surface area contributed by atoms with Crippen LogP contribution in [0.1, 0.15) is 29.4 Å². The van der Waals surface area contributed by atoms with Crippen molar-refractivity contribution in [1.29, 1.82) is 5.26 Å².